The topological polar surface area (TPSA) is 92.9 Å². The van der Waals surface area contributed by atoms with Gasteiger partial charge in [-0.25, -0.2) is 4.79 Å². The summed E-state index contributed by atoms with van der Waals surface area (Å²) >= 11 is 0. The van der Waals surface area contributed by atoms with Crippen LogP contribution in [0.25, 0.3) is 0 Å². The highest BCUT2D eigenvalue weighted by atomic mass is 16.5. The third kappa shape index (κ3) is 4.98. The molecule has 0 aliphatic rings. The molecule has 21 heavy (non-hydrogen) atoms. The number of ether oxygens (including phenoxy) is 1. The van der Waals surface area contributed by atoms with Crippen molar-refractivity contribution in [3.05, 3.63) is 23.8 Å². The fourth-order valence-corrected chi connectivity index (χ4v) is 1.94. The smallest absolute Gasteiger partial charge is 0.335 e. The summed E-state index contributed by atoms with van der Waals surface area (Å²) in [6, 6.07) is 4.18. The SMILES string of the molecule is CCCN(CCC)C(=O)COc1ccc(C(=O)O)cc1N. The molecule has 0 bridgehead atoms. The summed E-state index contributed by atoms with van der Waals surface area (Å²) in [5.41, 5.74) is 6.02. The van der Waals surface area contributed by atoms with Crippen LogP contribution in [0.2, 0.25) is 0 Å². The Labute approximate surface area is 124 Å². The Morgan fingerprint density at radius 3 is 2.33 bits per heavy atom. The quantitative estimate of drug-likeness (QED) is 0.715. The van der Waals surface area contributed by atoms with Crippen LogP contribution in [0.15, 0.2) is 18.2 Å². The number of carboxylic acid groups (broad SMARTS) is 1. The number of nitrogens with two attached hydrogens (primary N) is 1. The first-order chi connectivity index (χ1) is 9.99. The molecule has 6 nitrogen and oxygen atoms in total. The van der Waals surface area contributed by atoms with Gasteiger partial charge in [0.1, 0.15) is 5.75 Å². The van der Waals surface area contributed by atoms with Crippen molar-refractivity contribution in [3.63, 3.8) is 0 Å². The number of carbonyl (C=O) groups is 2. The average molecular weight is 294 g/mol. The van der Waals surface area contributed by atoms with Crippen molar-refractivity contribution < 1.29 is 19.4 Å². The van der Waals surface area contributed by atoms with Crippen LogP contribution in [-0.4, -0.2) is 41.6 Å². The maximum Gasteiger partial charge on any atom is 0.335 e. The van der Waals surface area contributed by atoms with E-state index in [9.17, 15) is 9.59 Å². The average Bonchev–Trinajstić information content (AvgIpc) is 2.45. The molecule has 3 N–H and O–H groups in total. The van der Waals surface area contributed by atoms with E-state index in [0.717, 1.165) is 12.8 Å². The predicted molar refractivity (Wildman–Crippen MR) is 80.5 cm³/mol. The van der Waals surface area contributed by atoms with Crippen LogP contribution in [0.4, 0.5) is 5.69 Å². The molecule has 116 valence electrons. The van der Waals surface area contributed by atoms with E-state index in [4.69, 9.17) is 15.6 Å². The summed E-state index contributed by atoms with van der Waals surface area (Å²) in [5.74, 6) is -0.830. The Kier molecular flexibility index (Phi) is 6.52. The minimum Gasteiger partial charge on any atom is -0.482 e. The molecule has 0 atom stereocenters. The molecule has 0 saturated heterocycles. The van der Waals surface area contributed by atoms with Gasteiger partial charge in [-0.15, -0.1) is 0 Å². The summed E-state index contributed by atoms with van der Waals surface area (Å²) in [6.07, 6.45) is 1.78. The Bertz CT molecular complexity index is 496. The first kappa shape index (κ1) is 16.8. The number of carbonyl (C=O) groups excluding carboxylic acids is 1. The van der Waals surface area contributed by atoms with Crippen LogP contribution in [0.1, 0.15) is 37.0 Å². The van der Waals surface area contributed by atoms with Crippen LogP contribution in [0.3, 0.4) is 0 Å². The lowest BCUT2D eigenvalue weighted by molar-refractivity contribution is -0.133. The number of carboxylic acids is 1. The van der Waals surface area contributed by atoms with E-state index in [-0.39, 0.29) is 23.8 Å². The highest BCUT2D eigenvalue weighted by molar-refractivity contribution is 5.89. The summed E-state index contributed by atoms with van der Waals surface area (Å²) < 4.78 is 5.40. The van der Waals surface area contributed by atoms with Gasteiger partial charge in [0.25, 0.3) is 5.91 Å². The molecule has 1 aromatic carbocycles. The second kappa shape index (κ2) is 8.14. The molecule has 0 heterocycles. The number of hydrogen-bond donors (Lipinski definition) is 2. The van der Waals surface area contributed by atoms with Gasteiger partial charge in [0.05, 0.1) is 11.3 Å². The van der Waals surface area contributed by atoms with E-state index >= 15 is 0 Å². The Morgan fingerprint density at radius 2 is 1.86 bits per heavy atom. The van der Waals surface area contributed by atoms with Gasteiger partial charge in [0.15, 0.2) is 6.61 Å². The van der Waals surface area contributed by atoms with Crippen molar-refractivity contribution in [1.82, 2.24) is 4.90 Å². The van der Waals surface area contributed by atoms with Gasteiger partial charge in [0, 0.05) is 13.1 Å². The van der Waals surface area contributed by atoms with Gasteiger partial charge in [-0.05, 0) is 31.0 Å². The maximum absolute atomic E-state index is 12.0. The number of nitrogen functional groups attached to an aromatic ring is 1. The number of rotatable bonds is 8. The minimum absolute atomic E-state index is 0.0877. The van der Waals surface area contributed by atoms with Gasteiger partial charge in [-0.3, -0.25) is 4.79 Å². The Hall–Kier alpha value is -2.24. The van der Waals surface area contributed by atoms with Gasteiger partial charge < -0.3 is 20.5 Å². The zero-order valence-corrected chi connectivity index (χ0v) is 12.5. The van der Waals surface area contributed by atoms with Crippen LogP contribution in [0.5, 0.6) is 5.75 Å². The molecule has 0 aliphatic heterocycles. The Morgan fingerprint density at radius 1 is 1.24 bits per heavy atom. The molecule has 1 rings (SSSR count). The zero-order valence-electron chi connectivity index (χ0n) is 12.5. The van der Waals surface area contributed by atoms with Crippen LogP contribution >= 0.6 is 0 Å². The number of anilines is 1. The molecule has 1 aromatic rings. The first-order valence-corrected chi connectivity index (χ1v) is 7.03. The summed E-state index contributed by atoms with van der Waals surface area (Å²) in [7, 11) is 0. The van der Waals surface area contributed by atoms with Crippen LogP contribution in [0, 0.1) is 0 Å². The predicted octanol–water partition coefficient (Wildman–Crippen LogP) is 1.99. The van der Waals surface area contributed by atoms with E-state index in [2.05, 4.69) is 0 Å². The van der Waals surface area contributed by atoms with Crippen molar-refractivity contribution in [2.45, 2.75) is 26.7 Å². The molecular weight excluding hydrogens is 272 g/mol. The lowest BCUT2D eigenvalue weighted by Gasteiger charge is -2.21. The van der Waals surface area contributed by atoms with Crippen LogP contribution in [-0.2, 0) is 4.79 Å². The molecule has 0 fully saturated rings. The van der Waals surface area contributed by atoms with E-state index in [1.165, 1.54) is 18.2 Å². The number of amides is 1. The molecule has 0 aliphatic carbocycles. The number of benzene rings is 1. The number of aromatic carboxylic acids is 1. The Balaban J connectivity index is 2.65. The van der Waals surface area contributed by atoms with E-state index in [0.29, 0.717) is 18.8 Å². The lowest BCUT2D eigenvalue weighted by Crippen LogP contribution is -2.36. The largest absolute Gasteiger partial charge is 0.482 e. The molecule has 0 saturated carbocycles. The van der Waals surface area contributed by atoms with E-state index in [1.54, 1.807) is 4.90 Å². The molecule has 1 amide bonds. The molecule has 0 aromatic heterocycles. The van der Waals surface area contributed by atoms with E-state index < -0.39 is 5.97 Å². The van der Waals surface area contributed by atoms with Crippen molar-refractivity contribution in [3.8, 4) is 5.75 Å². The second-order valence-corrected chi connectivity index (χ2v) is 4.73. The van der Waals surface area contributed by atoms with Gasteiger partial charge in [-0.1, -0.05) is 13.8 Å². The fourth-order valence-electron chi connectivity index (χ4n) is 1.94. The molecule has 0 spiro atoms. The summed E-state index contributed by atoms with van der Waals surface area (Å²) in [4.78, 5) is 24.6. The highest BCUT2D eigenvalue weighted by Gasteiger charge is 2.14. The molecule has 0 unspecified atom stereocenters. The third-order valence-corrected chi connectivity index (χ3v) is 2.95. The van der Waals surface area contributed by atoms with Gasteiger partial charge >= 0.3 is 5.97 Å². The maximum atomic E-state index is 12.0. The summed E-state index contributed by atoms with van der Waals surface area (Å²) in [6.45, 7) is 5.32. The van der Waals surface area contributed by atoms with Crippen LogP contribution < -0.4 is 10.5 Å². The monoisotopic (exact) mass is 294 g/mol. The molecule has 0 radical (unpaired) electrons. The number of nitrogens with zero attached hydrogens (tertiary/aromatic N) is 1. The zero-order chi connectivity index (χ0) is 15.8. The molecular formula is C15H22N2O4. The lowest BCUT2D eigenvalue weighted by atomic mass is 10.2. The molecule has 6 heteroatoms. The standard InChI is InChI=1S/C15H22N2O4/c1-3-7-17(8-4-2)14(18)10-21-13-6-5-11(15(19)20)9-12(13)16/h5-6,9H,3-4,7-8,10,16H2,1-2H3,(H,19,20). The van der Waals surface area contributed by atoms with Crippen molar-refractivity contribution in [2.24, 2.45) is 0 Å². The van der Waals surface area contributed by atoms with Crippen molar-refractivity contribution in [2.75, 3.05) is 25.4 Å². The fraction of sp³-hybridized carbons (Fsp3) is 0.467. The number of hydrogen-bond acceptors (Lipinski definition) is 4. The first-order valence-electron chi connectivity index (χ1n) is 7.03. The van der Waals surface area contributed by atoms with Gasteiger partial charge in [-0.2, -0.15) is 0 Å². The van der Waals surface area contributed by atoms with Crippen molar-refractivity contribution in [1.29, 1.82) is 0 Å². The minimum atomic E-state index is -1.05. The van der Waals surface area contributed by atoms with E-state index in [1.807, 2.05) is 13.8 Å². The third-order valence-electron chi connectivity index (χ3n) is 2.95. The van der Waals surface area contributed by atoms with Gasteiger partial charge in [0.2, 0.25) is 0 Å². The normalized spacial score (nSPS) is 10.2. The second-order valence-electron chi connectivity index (χ2n) is 4.73. The van der Waals surface area contributed by atoms with Crippen molar-refractivity contribution >= 4 is 17.6 Å². The summed E-state index contributed by atoms with van der Waals surface area (Å²) in [5, 5.41) is 8.85. The highest BCUT2D eigenvalue weighted by Crippen LogP contribution is 2.22.